The lowest BCUT2D eigenvalue weighted by Gasteiger charge is -2.17. The van der Waals surface area contributed by atoms with Crippen LogP contribution in [-0.4, -0.2) is 5.91 Å². The minimum atomic E-state index is -0.120. The fourth-order valence-electron chi connectivity index (χ4n) is 3.89. The lowest BCUT2D eigenvalue weighted by atomic mass is 10.0. The number of rotatable bonds is 7. The van der Waals surface area contributed by atoms with Crippen molar-refractivity contribution in [2.75, 3.05) is 5.32 Å². The number of carbonyl (C=O) groups is 1. The number of furan rings is 1. The Bertz CT molecular complexity index is 1310. The van der Waals surface area contributed by atoms with Gasteiger partial charge < -0.3 is 9.73 Å². The number of fused-ring (bicyclic) bond motifs is 1. The van der Waals surface area contributed by atoms with Crippen molar-refractivity contribution in [1.82, 2.24) is 5.32 Å². The molecule has 0 saturated heterocycles. The highest BCUT2D eigenvalue weighted by Gasteiger charge is 2.18. The second-order valence-corrected chi connectivity index (χ2v) is 7.93. The molecule has 1 atom stereocenters. The minimum absolute atomic E-state index is 0.0837. The van der Waals surface area contributed by atoms with Gasteiger partial charge in [-0.15, -0.1) is 0 Å². The van der Waals surface area contributed by atoms with Crippen LogP contribution in [0.1, 0.15) is 33.3 Å². The molecule has 0 aliphatic carbocycles. The molecule has 0 unspecified atom stereocenters. The molecule has 1 heterocycles. The predicted molar refractivity (Wildman–Crippen MR) is 132 cm³/mol. The maximum absolute atomic E-state index is 12.5. The van der Waals surface area contributed by atoms with Crippen molar-refractivity contribution in [3.8, 4) is 0 Å². The first-order chi connectivity index (χ1) is 16.3. The van der Waals surface area contributed by atoms with E-state index in [0.29, 0.717) is 12.1 Å². The van der Waals surface area contributed by atoms with Crippen molar-refractivity contribution in [3.05, 3.63) is 138 Å². The average Bonchev–Trinajstić information content (AvgIpc) is 3.30. The van der Waals surface area contributed by atoms with E-state index in [9.17, 15) is 4.79 Å². The van der Waals surface area contributed by atoms with Gasteiger partial charge in [0.2, 0.25) is 0 Å². The zero-order chi connectivity index (χ0) is 22.5. The van der Waals surface area contributed by atoms with Gasteiger partial charge in [0.25, 0.3) is 5.91 Å². The summed E-state index contributed by atoms with van der Waals surface area (Å²) in [6.45, 7) is 0.636. The van der Waals surface area contributed by atoms with Gasteiger partial charge in [0.1, 0.15) is 11.3 Å². The van der Waals surface area contributed by atoms with E-state index in [-0.39, 0.29) is 11.9 Å². The second-order valence-electron chi connectivity index (χ2n) is 7.93. The van der Waals surface area contributed by atoms with Crippen LogP contribution in [0.25, 0.3) is 11.0 Å². The molecule has 4 aromatic carbocycles. The molecule has 0 aliphatic heterocycles. The zero-order valence-corrected chi connectivity index (χ0v) is 18.1. The van der Waals surface area contributed by atoms with Gasteiger partial charge in [-0.3, -0.25) is 10.1 Å². The number of carbonyl (C=O) groups excluding carboxylic acids is 1. The summed E-state index contributed by atoms with van der Waals surface area (Å²) in [5.74, 6) is 0.756. The monoisotopic (exact) mass is 432 g/mol. The third-order valence-electron chi connectivity index (χ3n) is 5.62. The molecular weight excluding hydrogens is 408 g/mol. The average molecular weight is 433 g/mol. The van der Waals surface area contributed by atoms with Crippen LogP contribution >= 0.6 is 0 Å². The van der Waals surface area contributed by atoms with Gasteiger partial charge in [0.05, 0.1) is 6.04 Å². The van der Waals surface area contributed by atoms with Gasteiger partial charge in [0, 0.05) is 23.2 Å². The van der Waals surface area contributed by atoms with Crippen molar-refractivity contribution in [3.63, 3.8) is 0 Å². The smallest absolute Gasteiger partial charge is 0.255 e. The van der Waals surface area contributed by atoms with Crippen molar-refractivity contribution < 1.29 is 9.21 Å². The lowest BCUT2D eigenvalue weighted by Crippen LogP contribution is -2.21. The number of benzene rings is 4. The van der Waals surface area contributed by atoms with Crippen LogP contribution in [-0.2, 0) is 6.54 Å². The van der Waals surface area contributed by atoms with Gasteiger partial charge in [0.15, 0.2) is 0 Å². The molecule has 0 bridgehead atoms. The van der Waals surface area contributed by atoms with Gasteiger partial charge in [-0.05, 0) is 47.5 Å². The van der Waals surface area contributed by atoms with Crippen LogP contribution in [0.5, 0.6) is 0 Å². The number of anilines is 1. The summed E-state index contributed by atoms with van der Waals surface area (Å²) in [6.07, 6.45) is 0. The fraction of sp³-hybridized carbons (Fsp3) is 0.0690. The third-order valence-corrected chi connectivity index (χ3v) is 5.62. The van der Waals surface area contributed by atoms with Gasteiger partial charge in [-0.25, -0.2) is 0 Å². The van der Waals surface area contributed by atoms with E-state index in [1.54, 1.807) is 0 Å². The Morgan fingerprint density at radius 1 is 0.758 bits per heavy atom. The molecule has 5 aromatic rings. The number of nitrogens with one attached hydrogen (secondary N) is 2. The standard InChI is InChI=1S/C29H24N2O2/c32-29(31-25-12-5-2-6-13-25)23-17-15-21(16-18-23)20-30-28(22-9-3-1-4-10-22)27-19-24-11-7-8-14-26(24)33-27/h1-19,28,30H,20H2,(H,31,32)/t28-/m0/s1. The molecule has 1 aromatic heterocycles. The molecule has 33 heavy (non-hydrogen) atoms. The zero-order valence-electron chi connectivity index (χ0n) is 18.1. The van der Waals surface area contributed by atoms with E-state index in [1.807, 2.05) is 91.0 Å². The van der Waals surface area contributed by atoms with Crippen molar-refractivity contribution >= 4 is 22.6 Å². The number of hydrogen-bond donors (Lipinski definition) is 2. The Kier molecular flexibility index (Phi) is 6.00. The van der Waals surface area contributed by atoms with Gasteiger partial charge >= 0.3 is 0 Å². The third kappa shape index (κ3) is 4.86. The van der Waals surface area contributed by atoms with Crippen LogP contribution in [0.2, 0.25) is 0 Å². The molecule has 0 spiro atoms. The van der Waals surface area contributed by atoms with Crippen molar-refractivity contribution in [1.29, 1.82) is 0 Å². The Morgan fingerprint density at radius 3 is 2.15 bits per heavy atom. The van der Waals surface area contributed by atoms with E-state index < -0.39 is 0 Å². The summed E-state index contributed by atoms with van der Waals surface area (Å²) in [4.78, 5) is 12.5. The normalized spacial score (nSPS) is 11.9. The quantitative estimate of drug-likeness (QED) is 0.306. The maximum Gasteiger partial charge on any atom is 0.255 e. The van der Waals surface area contributed by atoms with E-state index in [1.165, 1.54) is 0 Å². The topological polar surface area (TPSA) is 54.3 Å². The van der Waals surface area contributed by atoms with Crippen LogP contribution < -0.4 is 10.6 Å². The molecule has 4 heteroatoms. The summed E-state index contributed by atoms with van der Waals surface area (Å²) in [5.41, 5.74) is 4.51. The van der Waals surface area contributed by atoms with Crippen LogP contribution in [0.3, 0.4) is 0 Å². The molecular formula is C29H24N2O2. The Labute approximate surface area is 192 Å². The Hall–Kier alpha value is -4.15. The first-order valence-corrected chi connectivity index (χ1v) is 11.0. The lowest BCUT2D eigenvalue weighted by molar-refractivity contribution is 0.102. The van der Waals surface area contributed by atoms with E-state index in [4.69, 9.17) is 4.42 Å². The number of para-hydroxylation sites is 2. The van der Waals surface area contributed by atoms with E-state index in [0.717, 1.165) is 33.5 Å². The predicted octanol–water partition coefficient (Wildman–Crippen LogP) is 6.56. The highest BCUT2D eigenvalue weighted by molar-refractivity contribution is 6.04. The minimum Gasteiger partial charge on any atom is -0.459 e. The first-order valence-electron chi connectivity index (χ1n) is 11.0. The SMILES string of the molecule is O=C(Nc1ccccc1)c1ccc(CN[C@@H](c2ccccc2)c2cc3ccccc3o2)cc1. The number of hydrogen-bond acceptors (Lipinski definition) is 3. The molecule has 0 aliphatic rings. The number of amides is 1. The van der Waals surface area contributed by atoms with Crippen LogP contribution in [0.15, 0.2) is 120 Å². The fourth-order valence-corrected chi connectivity index (χ4v) is 3.89. The van der Waals surface area contributed by atoms with Gasteiger partial charge in [-0.2, -0.15) is 0 Å². The summed E-state index contributed by atoms with van der Waals surface area (Å²) < 4.78 is 6.16. The van der Waals surface area contributed by atoms with Crippen LogP contribution in [0.4, 0.5) is 5.69 Å². The highest BCUT2D eigenvalue weighted by atomic mass is 16.3. The largest absolute Gasteiger partial charge is 0.459 e. The highest BCUT2D eigenvalue weighted by Crippen LogP contribution is 2.28. The van der Waals surface area contributed by atoms with Crippen molar-refractivity contribution in [2.45, 2.75) is 12.6 Å². The summed E-state index contributed by atoms with van der Waals surface area (Å²) in [6, 6.07) is 37.5. The summed E-state index contributed by atoms with van der Waals surface area (Å²) in [7, 11) is 0. The molecule has 162 valence electrons. The maximum atomic E-state index is 12.5. The molecule has 0 saturated carbocycles. The molecule has 4 nitrogen and oxygen atoms in total. The van der Waals surface area contributed by atoms with E-state index in [2.05, 4.69) is 34.9 Å². The molecule has 0 radical (unpaired) electrons. The first kappa shape index (κ1) is 20.7. The van der Waals surface area contributed by atoms with E-state index >= 15 is 0 Å². The molecule has 0 fully saturated rings. The summed E-state index contributed by atoms with van der Waals surface area (Å²) >= 11 is 0. The molecule has 1 amide bonds. The Balaban J connectivity index is 1.31. The second kappa shape index (κ2) is 9.55. The molecule has 2 N–H and O–H groups in total. The van der Waals surface area contributed by atoms with Crippen molar-refractivity contribution in [2.24, 2.45) is 0 Å². The van der Waals surface area contributed by atoms with Gasteiger partial charge in [-0.1, -0.05) is 78.9 Å². The van der Waals surface area contributed by atoms with Crippen LogP contribution in [0, 0.1) is 0 Å². The Morgan fingerprint density at radius 2 is 1.42 bits per heavy atom. The summed E-state index contributed by atoms with van der Waals surface area (Å²) in [5, 5.41) is 7.63. The molecule has 5 rings (SSSR count).